The number of H-pyrrole nitrogens is 1. The minimum atomic E-state index is -4.43. The predicted octanol–water partition coefficient (Wildman–Crippen LogP) is 3.52. The fourth-order valence-corrected chi connectivity index (χ4v) is 1.44. The standard InChI is InChI=1S/C11H12BrF4N3/c1-6(12)4-8(13)10(17)18-5-7-2-3-9(19-7)11(14,15)16/h2-4,18-19H,5,17H2,1H3/b6-4+,10-8-. The van der Waals surface area contributed by atoms with Crippen molar-refractivity contribution in [1.29, 1.82) is 0 Å². The molecule has 0 fully saturated rings. The third-order valence-corrected chi connectivity index (χ3v) is 2.33. The highest BCUT2D eigenvalue weighted by Gasteiger charge is 2.31. The fourth-order valence-electron chi connectivity index (χ4n) is 1.24. The van der Waals surface area contributed by atoms with Gasteiger partial charge in [0.1, 0.15) is 11.5 Å². The van der Waals surface area contributed by atoms with Crippen LogP contribution < -0.4 is 11.1 Å². The molecule has 0 aliphatic heterocycles. The van der Waals surface area contributed by atoms with E-state index >= 15 is 0 Å². The van der Waals surface area contributed by atoms with Gasteiger partial charge in [0.05, 0.1) is 6.54 Å². The number of nitrogens with two attached hydrogens (primary N) is 1. The van der Waals surface area contributed by atoms with Gasteiger partial charge >= 0.3 is 6.18 Å². The van der Waals surface area contributed by atoms with Gasteiger partial charge in [-0.15, -0.1) is 0 Å². The first-order chi connectivity index (χ1) is 8.70. The van der Waals surface area contributed by atoms with Crippen LogP contribution in [0.5, 0.6) is 0 Å². The number of nitrogens with one attached hydrogen (secondary N) is 2. The van der Waals surface area contributed by atoms with Gasteiger partial charge in [0.2, 0.25) is 0 Å². The van der Waals surface area contributed by atoms with Crippen molar-refractivity contribution in [1.82, 2.24) is 10.3 Å². The summed E-state index contributed by atoms with van der Waals surface area (Å²) in [6.45, 7) is 1.58. The van der Waals surface area contributed by atoms with E-state index in [0.717, 1.165) is 12.1 Å². The van der Waals surface area contributed by atoms with Crippen LogP contribution in [0.25, 0.3) is 0 Å². The topological polar surface area (TPSA) is 53.8 Å². The second-order valence-electron chi connectivity index (χ2n) is 3.74. The lowest BCUT2D eigenvalue weighted by molar-refractivity contribution is -0.140. The number of hydrogen-bond acceptors (Lipinski definition) is 2. The minimum absolute atomic E-state index is 0.0372. The van der Waals surface area contributed by atoms with Gasteiger partial charge in [-0.05, 0) is 29.6 Å². The first-order valence-corrected chi connectivity index (χ1v) is 5.97. The Hall–Kier alpha value is -1.44. The van der Waals surface area contributed by atoms with Crippen LogP contribution in [-0.4, -0.2) is 4.98 Å². The molecule has 1 rings (SSSR count). The zero-order valence-corrected chi connectivity index (χ0v) is 11.5. The van der Waals surface area contributed by atoms with Gasteiger partial charge in [-0.3, -0.25) is 0 Å². The molecule has 0 spiro atoms. The summed E-state index contributed by atoms with van der Waals surface area (Å²) in [5.41, 5.74) is 4.79. The molecule has 4 N–H and O–H groups in total. The molecule has 8 heteroatoms. The molecule has 3 nitrogen and oxygen atoms in total. The fraction of sp³-hybridized carbons (Fsp3) is 0.273. The molecule has 0 saturated heterocycles. The normalized spacial score (nSPS) is 14.3. The molecule has 1 heterocycles. The Labute approximate surface area is 115 Å². The van der Waals surface area contributed by atoms with Crippen LogP contribution in [-0.2, 0) is 12.7 Å². The minimum Gasteiger partial charge on any atom is -0.383 e. The van der Waals surface area contributed by atoms with Gasteiger partial charge in [-0.2, -0.15) is 13.2 Å². The van der Waals surface area contributed by atoms with Crippen LogP contribution >= 0.6 is 15.9 Å². The van der Waals surface area contributed by atoms with Crippen LogP contribution in [0.2, 0.25) is 0 Å². The van der Waals surface area contributed by atoms with E-state index in [1.807, 2.05) is 0 Å². The van der Waals surface area contributed by atoms with E-state index in [-0.39, 0.29) is 18.1 Å². The highest BCUT2D eigenvalue weighted by Crippen LogP contribution is 2.28. The van der Waals surface area contributed by atoms with Crippen LogP contribution in [0.3, 0.4) is 0 Å². The summed E-state index contributed by atoms with van der Waals surface area (Å²) in [5.74, 6) is -0.945. The van der Waals surface area contributed by atoms with Gasteiger partial charge in [0.25, 0.3) is 0 Å². The zero-order chi connectivity index (χ0) is 14.6. The lowest BCUT2D eigenvalue weighted by atomic mass is 10.4. The first kappa shape index (κ1) is 15.6. The van der Waals surface area contributed by atoms with Gasteiger partial charge in [-0.25, -0.2) is 4.39 Å². The average molecular weight is 342 g/mol. The van der Waals surface area contributed by atoms with Gasteiger partial charge in [0, 0.05) is 5.69 Å². The molecule has 106 valence electrons. The van der Waals surface area contributed by atoms with Gasteiger partial charge in [0.15, 0.2) is 5.83 Å². The average Bonchev–Trinajstić information content (AvgIpc) is 2.72. The molecule has 0 unspecified atom stereocenters. The molecule has 0 amide bonds. The van der Waals surface area contributed by atoms with E-state index in [0.29, 0.717) is 4.48 Å². The number of aromatic nitrogens is 1. The van der Waals surface area contributed by atoms with Crippen LogP contribution in [0.15, 0.2) is 34.3 Å². The summed E-state index contributed by atoms with van der Waals surface area (Å²) in [6.07, 6.45) is -3.28. The molecule has 1 aromatic rings. The number of hydrogen-bond donors (Lipinski definition) is 3. The number of rotatable bonds is 4. The van der Waals surface area contributed by atoms with Crippen molar-refractivity contribution < 1.29 is 17.6 Å². The number of aromatic amines is 1. The zero-order valence-electron chi connectivity index (χ0n) is 9.91. The van der Waals surface area contributed by atoms with Crippen LogP contribution in [0, 0.1) is 0 Å². The molecule has 0 aliphatic rings. The predicted molar refractivity (Wildman–Crippen MR) is 67.6 cm³/mol. The van der Waals surface area contributed by atoms with Crippen molar-refractivity contribution in [3.8, 4) is 0 Å². The smallest absolute Gasteiger partial charge is 0.383 e. The number of alkyl halides is 3. The summed E-state index contributed by atoms with van der Waals surface area (Å²) in [4.78, 5) is 2.18. The maximum absolute atomic E-state index is 13.3. The summed E-state index contributed by atoms with van der Waals surface area (Å²) >= 11 is 3.04. The van der Waals surface area contributed by atoms with Crippen molar-refractivity contribution in [2.24, 2.45) is 5.73 Å². The van der Waals surface area contributed by atoms with Crippen LogP contribution in [0.1, 0.15) is 18.3 Å². The first-order valence-electron chi connectivity index (χ1n) is 5.18. The van der Waals surface area contributed by atoms with E-state index in [9.17, 15) is 17.6 Å². The molecule has 0 saturated carbocycles. The second-order valence-corrected chi connectivity index (χ2v) is 4.99. The van der Waals surface area contributed by atoms with Crippen molar-refractivity contribution in [3.05, 3.63) is 45.7 Å². The number of halogens is 5. The SMILES string of the molecule is C/C(Br)=C\C(F)=C(/N)NCc1ccc(C(F)(F)F)[nH]1. The van der Waals surface area contributed by atoms with E-state index in [1.165, 1.54) is 6.07 Å². The van der Waals surface area contributed by atoms with Gasteiger partial charge < -0.3 is 16.0 Å². The maximum atomic E-state index is 13.3. The molecule has 0 radical (unpaired) electrons. The Kier molecular flexibility index (Phi) is 5.04. The van der Waals surface area contributed by atoms with E-state index < -0.39 is 17.7 Å². The lowest BCUT2D eigenvalue weighted by Gasteiger charge is -2.06. The molecule has 0 atom stereocenters. The molecular formula is C11H12BrF4N3. The third-order valence-electron chi connectivity index (χ3n) is 2.10. The molecule has 0 bridgehead atoms. The molecule has 0 aliphatic carbocycles. The summed E-state index contributed by atoms with van der Waals surface area (Å²) in [5, 5.41) is 2.49. The Morgan fingerprint density at radius 1 is 1.47 bits per heavy atom. The summed E-state index contributed by atoms with van der Waals surface area (Å²) in [6, 6.07) is 2.17. The molecule has 19 heavy (non-hydrogen) atoms. The maximum Gasteiger partial charge on any atom is 0.431 e. The lowest BCUT2D eigenvalue weighted by Crippen LogP contribution is -2.21. The molecular weight excluding hydrogens is 330 g/mol. The Morgan fingerprint density at radius 2 is 2.11 bits per heavy atom. The van der Waals surface area contributed by atoms with Crippen LogP contribution in [0.4, 0.5) is 17.6 Å². The largest absolute Gasteiger partial charge is 0.431 e. The molecule has 0 aromatic carbocycles. The number of allylic oxidation sites excluding steroid dienone is 3. The van der Waals surface area contributed by atoms with E-state index in [1.54, 1.807) is 6.92 Å². The van der Waals surface area contributed by atoms with Crippen molar-refractivity contribution in [3.63, 3.8) is 0 Å². The highest BCUT2D eigenvalue weighted by molar-refractivity contribution is 9.11. The quantitative estimate of drug-likeness (QED) is 0.579. The second kappa shape index (κ2) is 6.14. The Morgan fingerprint density at radius 3 is 2.58 bits per heavy atom. The monoisotopic (exact) mass is 341 g/mol. The van der Waals surface area contributed by atoms with E-state index in [4.69, 9.17) is 5.73 Å². The van der Waals surface area contributed by atoms with Crippen molar-refractivity contribution >= 4 is 15.9 Å². The van der Waals surface area contributed by atoms with E-state index in [2.05, 4.69) is 26.2 Å². The molecule has 1 aromatic heterocycles. The Balaban J connectivity index is 2.68. The summed E-state index contributed by atoms with van der Waals surface area (Å²) in [7, 11) is 0. The van der Waals surface area contributed by atoms with Crippen molar-refractivity contribution in [2.45, 2.75) is 19.6 Å². The van der Waals surface area contributed by atoms with Crippen molar-refractivity contribution in [2.75, 3.05) is 0 Å². The third kappa shape index (κ3) is 4.98. The highest BCUT2D eigenvalue weighted by atomic mass is 79.9. The Bertz CT molecular complexity index is 498. The van der Waals surface area contributed by atoms with Gasteiger partial charge in [-0.1, -0.05) is 15.9 Å². The summed E-state index contributed by atoms with van der Waals surface area (Å²) < 4.78 is 50.8.